The van der Waals surface area contributed by atoms with Crippen LogP contribution in [0.3, 0.4) is 0 Å². The number of carbonyl (C=O) groups excluding carboxylic acids is 4. The maximum Gasteiger partial charge on any atom is 0.338 e. The van der Waals surface area contributed by atoms with Crippen LogP contribution in [-0.4, -0.2) is 43.5 Å². The molecule has 1 aliphatic heterocycles. The molecule has 8 heteroatoms. The Morgan fingerprint density at radius 1 is 1.16 bits per heavy atom. The highest BCUT2D eigenvalue weighted by molar-refractivity contribution is 5.95. The van der Waals surface area contributed by atoms with E-state index in [1.807, 2.05) is 0 Å². The van der Waals surface area contributed by atoms with Crippen LogP contribution in [0.1, 0.15) is 34.6 Å². The van der Waals surface area contributed by atoms with Gasteiger partial charge in [-0.05, 0) is 26.0 Å². The highest BCUT2D eigenvalue weighted by Gasteiger charge is 2.30. The van der Waals surface area contributed by atoms with Crippen LogP contribution in [0.5, 0.6) is 0 Å². The van der Waals surface area contributed by atoms with Crippen molar-refractivity contribution in [2.75, 3.05) is 13.2 Å². The summed E-state index contributed by atoms with van der Waals surface area (Å²) in [7, 11) is 0. The third-order valence-electron chi connectivity index (χ3n) is 3.50. The highest BCUT2D eigenvalue weighted by atomic mass is 16.5. The zero-order chi connectivity index (χ0) is 18.4. The van der Waals surface area contributed by atoms with Crippen LogP contribution >= 0.6 is 0 Å². The number of esters is 2. The molecule has 0 fully saturated rings. The molecular formula is C17H18N2O6. The Morgan fingerprint density at radius 2 is 1.84 bits per heavy atom. The molecule has 25 heavy (non-hydrogen) atoms. The van der Waals surface area contributed by atoms with Gasteiger partial charge in [-0.3, -0.25) is 4.79 Å². The topological polar surface area (TPSA) is 111 Å². The van der Waals surface area contributed by atoms with E-state index < -0.39 is 24.0 Å². The molecule has 2 amide bonds. The molecule has 2 N–H and O–H groups in total. The SMILES string of the molecule is CCOC(=O)C1=C(COC(=O)c2ccc(C=O)cc2)NC(=O)N[C@@H]1C. The lowest BCUT2D eigenvalue weighted by Gasteiger charge is -2.26. The summed E-state index contributed by atoms with van der Waals surface area (Å²) in [5, 5.41) is 5.01. The maximum atomic E-state index is 12.1. The van der Waals surface area contributed by atoms with Crippen molar-refractivity contribution in [1.82, 2.24) is 10.6 Å². The monoisotopic (exact) mass is 346 g/mol. The van der Waals surface area contributed by atoms with Crippen molar-refractivity contribution in [3.8, 4) is 0 Å². The average molecular weight is 346 g/mol. The van der Waals surface area contributed by atoms with E-state index in [-0.39, 0.29) is 30.0 Å². The second-order valence-corrected chi connectivity index (χ2v) is 5.25. The molecule has 1 aromatic rings. The van der Waals surface area contributed by atoms with Crippen LogP contribution in [0.25, 0.3) is 0 Å². The first-order valence-corrected chi connectivity index (χ1v) is 7.66. The maximum absolute atomic E-state index is 12.1. The molecule has 0 saturated carbocycles. The third kappa shape index (κ3) is 4.43. The van der Waals surface area contributed by atoms with E-state index in [4.69, 9.17) is 9.47 Å². The fourth-order valence-corrected chi connectivity index (χ4v) is 2.31. The van der Waals surface area contributed by atoms with Gasteiger partial charge in [0.2, 0.25) is 0 Å². The minimum Gasteiger partial charge on any atom is -0.463 e. The number of benzene rings is 1. The lowest BCUT2D eigenvalue weighted by atomic mass is 10.0. The Morgan fingerprint density at radius 3 is 2.44 bits per heavy atom. The van der Waals surface area contributed by atoms with Crippen LogP contribution in [0.2, 0.25) is 0 Å². The molecule has 0 unspecified atom stereocenters. The van der Waals surface area contributed by atoms with E-state index in [9.17, 15) is 19.2 Å². The summed E-state index contributed by atoms with van der Waals surface area (Å²) in [5.41, 5.74) is 1.05. The fourth-order valence-electron chi connectivity index (χ4n) is 2.31. The number of amides is 2. The van der Waals surface area contributed by atoms with Crippen molar-refractivity contribution in [3.63, 3.8) is 0 Å². The lowest BCUT2D eigenvalue weighted by molar-refractivity contribution is -0.139. The standard InChI is InChI=1S/C17H18N2O6/c1-3-24-16(22)14-10(2)18-17(23)19-13(14)9-25-15(21)12-6-4-11(8-20)5-7-12/h4-8,10H,3,9H2,1-2H3,(H2,18,19,23)/t10-/m1/s1. The van der Waals surface area contributed by atoms with E-state index in [2.05, 4.69) is 10.6 Å². The van der Waals surface area contributed by atoms with E-state index in [0.717, 1.165) is 0 Å². The molecule has 0 radical (unpaired) electrons. The molecule has 0 aromatic heterocycles. The van der Waals surface area contributed by atoms with Crippen LogP contribution < -0.4 is 10.6 Å². The molecule has 1 aliphatic rings. The summed E-state index contributed by atoms with van der Waals surface area (Å²) >= 11 is 0. The minimum atomic E-state index is -0.645. The summed E-state index contributed by atoms with van der Waals surface area (Å²) in [6, 6.07) is 4.81. The van der Waals surface area contributed by atoms with E-state index >= 15 is 0 Å². The van der Waals surface area contributed by atoms with Crippen molar-refractivity contribution >= 4 is 24.3 Å². The molecule has 1 atom stereocenters. The van der Waals surface area contributed by atoms with Crippen LogP contribution in [0.15, 0.2) is 35.5 Å². The Bertz CT molecular complexity index is 723. The van der Waals surface area contributed by atoms with Gasteiger partial charge >= 0.3 is 18.0 Å². The van der Waals surface area contributed by atoms with Gasteiger partial charge in [0.15, 0.2) is 0 Å². The van der Waals surface area contributed by atoms with Gasteiger partial charge in [0.1, 0.15) is 12.9 Å². The molecule has 0 aliphatic carbocycles. The molecular weight excluding hydrogens is 328 g/mol. The van der Waals surface area contributed by atoms with Gasteiger partial charge in [0, 0.05) is 5.56 Å². The van der Waals surface area contributed by atoms with Gasteiger partial charge in [-0.2, -0.15) is 0 Å². The minimum absolute atomic E-state index is 0.174. The zero-order valence-corrected chi connectivity index (χ0v) is 13.8. The van der Waals surface area contributed by atoms with E-state index in [1.165, 1.54) is 24.3 Å². The smallest absolute Gasteiger partial charge is 0.338 e. The number of hydrogen-bond donors (Lipinski definition) is 2. The largest absolute Gasteiger partial charge is 0.463 e. The van der Waals surface area contributed by atoms with Gasteiger partial charge in [-0.25, -0.2) is 14.4 Å². The number of aldehydes is 1. The van der Waals surface area contributed by atoms with Gasteiger partial charge in [-0.1, -0.05) is 12.1 Å². The normalized spacial score (nSPS) is 16.6. The number of carbonyl (C=O) groups is 4. The van der Waals surface area contributed by atoms with Gasteiger partial charge in [-0.15, -0.1) is 0 Å². The summed E-state index contributed by atoms with van der Waals surface area (Å²) < 4.78 is 10.1. The predicted octanol–water partition coefficient (Wildman–Crippen LogP) is 1.17. The van der Waals surface area contributed by atoms with Crippen molar-refractivity contribution in [2.45, 2.75) is 19.9 Å². The molecule has 132 valence electrons. The summed E-state index contributed by atoms with van der Waals surface area (Å²) in [6.07, 6.45) is 0.664. The van der Waals surface area contributed by atoms with E-state index in [1.54, 1.807) is 13.8 Å². The Hall–Kier alpha value is -3.16. The molecule has 0 spiro atoms. The van der Waals surface area contributed by atoms with Gasteiger partial charge < -0.3 is 20.1 Å². The average Bonchev–Trinajstić information content (AvgIpc) is 2.59. The quantitative estimate of drug-likeness (QED) is 0.591. The second kappa shape index (κ2) is 8.09. The highest BCUT2D eigenvalue weighted by Crippen LogP contribution is 2.15. The van der Waals surface area contributed by atoms with Crippen molar-refractivity contribution in [2.24, 2.45) is 0 Å². The Kier molecular flexibility index (Phi) is 5.89. The first-order valence-electron chi connectivity index (χ1n) is 7.66. The second-order valence-electron chi connectivity index (χ2n) is 5.25. The van der Waals surface area contributed by atoms with Crippen LogP contribution in [-0.2, 0) is 14.3 Å². The molecule has 0 saturated heterocycles. The van der Waals surface area contributed by atoms with Gasteiger partial charge in [0.05, 0.1) is 29.5 Å². The number of nitrogens with one attached hydrogen (secondary N) is 2. The molecule has 1 heterocycles. The first-order chi connectivity index (χ1) is 12.0. The van der Waals surface area contributed by atoms with Crippen molar-refractivity contribution in [3.05, 3.63) is 46.7 Å². The summed E-state index contributed by atoms with van der Waals surface area (Å²) in [5.74, 6) is -1.24. The molecule has 2 rings (SSSR count). The lowest BCUT2D eigenvalue weighted by Crippen LogP contribution is -2.50. The number of rotatable bonds is 6. The third-order valence-corrected chi connectivity index (χ3v) is 3.50. The van der Waals surface area contributed by atoms with Crippen LogP contribution in [0, 0.1) is 0 Å². The zero-order valence-electron chi connectivity index (χ0n) is 13.8. The first kappa shape index (κ1) is 18.2. The molecule has 1 aromatic carbocycles. The van der Waals surface area contributed by atoms with Crippen molar-refractivity contribution in [1.29, 1.82) is 0 Å². The number of urea groups is 1. The van der Waals surface area contributed by atoms with E-state index in [0.29, 0.717) is 11.8 Å². The fraction of sp³-hybridized carbons (Fsp3) is 0.294. The summed E-state index contributed by atoms with van der Waals surface area (Å²) in [4.78, 5) is 46.4. The van der Waals surface area contributed by atoms with Gasteiger partial charge in [0.25, 0.3) is 0 Å². The molecule has 8 nitrogen and oxygen atoms in total. The molecule has 0 bridgehead atoms. The van der Waals surface area contributed by atoms with Crippen molar-refractivity contribution < 1.29 is 28.7 Å². The predicted molar refractivity (Wildman–Crippen MR) is 86.9 cm³/mol. The summed E-state index contributed by atoms with van der Waals surface area (Å²) in [6.45, 7) is 3.19. The van der Waals surface area contributed by atoms with Crippen LogP contribution in [0.4, 0.5) is 4.79 Å². The Labute approximate surface area is 144 Å². The number of hydrogen-bond acceptors (Lipinski definition) is 6. The number of ether oxygens (including phenoxy) is 2. The Balaban J connectivity index is 2.14.